The predicted molar refractivity (Wildman–Crippen MR) is 44.0 cm³/mol. The Balaban J connectivity index is 3.50. The Morgan fingerprint density at radius 3 is 2.20 bits per heavy atom. The monoisotopic (exact) mass is 145 g/mol. The smallest absolute Gasteiger partial charge is 0.0575 e. The molecule has 10 heavy (non-hydrogen) atoms. The van der Waals surface area contributed by atoms with Crippen LogP contribution in [-0.2, 0) is 0 Å². The Morgan fingerprint density at radius 2 is 1.90 bits per heavy atom. The number of nitrogens with zero attached hydrogens (tertiary/aromatic N) is 1. The molecule has 0 saturated carbocycles. The molecule has 0 spiro atoms. The summed E-state index contributed by atoms with van der Waals surface area (Å²) in [7, 11) is 4.05. The SMILES string of the molecule is CC[C@@H](O)C(C)CN(C)C. The summed E-state index contributed by atoms with van der Waals surface area (Å²) in [5.41, 5.74) is 0. The van der Waals surface area contributed by atoms with E-state index in [1.54, 1.807) is 0 Å². The fourth-order valence-corrected chi connectivity index (χ4v) is 1.10. The lowest BCUT2D eigenvalue weighted by Gasteiger charge is -2.20. The van der Waals surface area contributed by atoms with E-state index in [1.165, 1.54) is 0 Å². The first-order valence-corrected chi connectivity index (χ1v) is 3.90. The van der Waals surface area contributed by atoms with Crippen LogP contribution < -0.4 is 0 Å². The highest BCUT2D eigenvalue weighted by Gasteiger charge is 2.11. The minimum Gasteiger partial charge on any atom is -0.393 e. The van der Waals surface area contributed by atoms with Crippen molar-refractivity contribution in [1.82, 2.24) is 4.90 Å². The van der Waals surface area contributed by atoms with E-state index in [4.69, 9.17) is 0 Å². The molecule has 0 aliphatic rings. The fourth-order valence-electron chi connectivity index (χ4n) is 1.10. The van der Waals surface area contributed by atoms with Gasteiger partial charge < -0.3 is 10.0 Å². The highest BCUT2D eigenvalue weighted by molar-refractivity contribution is 4.64. The van der Waals surface area contributed by atoms with Crippen LogP contribution in [0.5, 0.6) is 0 Å². The zero-order valence-corrected chi connectivity index (χ0v) is 7.46. The van der Waals surface area contributed by atoms with Crippen LogP contribution in [0.15, 0.2) is 0 Å². The zero-order valence-electron chi connectivity index (χ0n) is 7.46. The maximum absolute atomic E-state index is 9.35. The van der Waals surface area contributed by atoms with Crippen LogP contribution in [0, 0.1) is 5.92 Å². The van der Waals surface area contributed by atoms with E-state index in [-0.39, 0.29) is 6.10 Å². The first-order chi connectivity index (χ1) is 4.57. The molecule has 0 amide bonds. The average Bonchev–Trinajstić information content (AvgIpc) is 1.85. The van der Waals surface area contributed by atoms with Crippen molar-refractivity contribution in [3.8, 4) is 0 Å². The third-order valence-corrected chi connectivity index (χ3v) is 1.73. The molecule has 0 aromatic carbocycles. The molecular formula is C8H19NO. The van der Waals surface area contributed by atoms with Crippen LogP contribution >= 0.6 is 0 Å². The Bertz CT molecular complexity index is 83.3. The van der Waals surface area contributed by atoms with Crippen LogP contribution in [0.25, 0.3) is 0 Å². The third kappa shape index (κ3) is 3.85. The molecule has 0 aromatic rings. The largest absolute Gasteiger partial charge is 0.393 e. The Morgan fingerprint density at radius 1 is 1.40 bits per heavy atom. The highest BCUT2D eigenvalue weighted by atomic mass is 16.3. The molecule has 0 rings (SSSR count). The number of aliphatic hydroxyl groups excluding tert-OH is 1. The first-order valence-electron chi connectivity index (χ1n) is 3.90. The summed E-state index contributed by atoms with van der Waals surface area (Å²) < 4.78 is 0. The molecule has 0 bridgehead atoms. The van der Waals surface area contributed by atoms with Gasteiger partial charge in [0, 0.05) is 6.54 Å². The van der Waals surface area contributed by atoms with Crippen molar-refractivity contribution in [2.24, 2.45) is 5.92 Å². The highest BCUT2D eigenvalue weighted by Crippen LogP contribution is 2.06. The van der Waals surface area contributed by atoms with Crippen molar-refractivity contribution in [3.63, 3.8) is 0 Å². The summed E-state index contributed by atoms with van der Waals surface area (Å²) in [6.45, 7) is 5.06. The van der Waals surface area contributed by atoms with E-state index >= 15 is 0 Å². The lowest BCUT2D eigenvalue weighted by atomic mass is 10.0. The number of rotatable bonds is 4. The van der Waals surface area contributed by atoms with E-state index in [1.807, 2.05) is 21.0 Å². The maximum atomic E-state index is 9.35. The quantitative estimate of drug-likeness (QED) is 0.637. The third-order valence-electron chi connectivity index (χ3n) is 1.73. The summed E-state index contributed by atoms with van der Waals surface area (Å²) in [6.07, 6.45) is 0.719. The van der Waals surface area contributed by atoms with Gasteiger partial charge in [-0.1, -0.05) is 13.8 Å². The van der Waals surface area contributed by atoms with Crippen molar-refractivity contribution in [2.45, 2.75) is 26.4 Å². The number of aliphatic hydroxyl groups is 1. The zero-order chi connectivity index (χ0) is 8.15. The minimum absolute atomic E-state index is 0.137. The van der Waals surface area contributed by atoms with Crippen molar-refractivity contribution < 1.29 is 5.11 Å². The van der Waals surface area contributed by atoms with Gasteiger partial charge in [-0.05, 0) is 26.4 Å². The summed E-state index contributed by atoms with van der Waals surface area (Å²) in [5, 5.41) is 9.35. The Labute approximate surface area is 63.8 Å². The van der Waals surface area contributed by atoms with Gasteiger partial charge in [-0.25, -0.2) is 0 Å². The van der Waals surface area contributed by atoms with Crippen LogP contribution in [0.2, 0.25) is 0 Å². The molecule has 1 unspecified atom stereocenters. The van der Waals surface area contributed by atoms with Gasteiger partial charge in [0.2, 0.25) is 0 Å². The van der Waals surface area contributed by atoms with Crippen LogP contribution in [0.3, 0.4) is 0 Å². The van der Waals surface area contributed by atoms with Crippen LogP contribution in [-0.4, -0.2) is 36.8 Å². The van der Waals surface area contributed by atoms with Gasteiger partial charge in [0.15, 0.2) is 0 Å². The summed E-state index contributed by atoms with van der Waals surface area (Å²) >= 11 is 0. The van der Waals surface area contributed by atoms with Gasteiger partial charge in [0.25, 0.3) is 0 Å². The first kappa shape index (κ1) is 9.92. The summed E-state index contributed by atoms with van der Waals surface area (Å²) in [5.74, 6) is 0.389. The van der Waals surface area contributed by atoms with E-state index in [2.05, 4.69) is 11.8 Å². The second-order valence-corrected chi connectivity index (χ2v) is 3.22. The second-order valence-electron chi connectivity index (χ2n) is 3.22. The lowest BCUT2D eigenvalue weighted by molar-refractivity contribution is 0.0964. The number of hydrogen-bond acceptors (Lipinski definition) is 2. The maximum Gasteiger partial charge on any atom is 0.0575 e. The summed E-state index contributed by atoms with van der Waals surface area (Å²) in [6, 6.07) is 0. The molecule has 0 saturated heterocycles. The molecule has 0 heterocycles. The van der Waals surface area contributed by atoms with E-state index < -0.39 is 0 Å². The van der Waals surface area contributed by atoms with E-state index in [0.29, 0.717) is 5.92 Å². The number of hydrogen-bond donors (Lipinski definition) is 1. The Kier molecular flexibility index (Phi) is 4.65. The molecule has 2 heteroatoms. The molecule has 0 aliphatic heterocycles. The molecule has 0 aliphatic carbocycles. The van der Waals surface area contributed by atoms with Crippen molar-refractivity contribution in [3.05, 3.63) is 0 Å². The molecule has 0 aromatic heterocycles. The normalized spacial score (nSPS) is 17.4. The second kappa shape index (κ2) is 4.69. The van der Waals surface area contributed by atoms with Gasteiger partial charge in [-0.3, -0.25) is 0 Å². The van der Waals surface area contributed by atoms with Crippen LogP contribution in [0.4, 0.5) is 0 Å². The Hall–Kier alpha value is -0.0800. The van der Waals surface area contributed by atoms with Crippen LogP contribution in [0.1, 0.15) is 20.3 Å². The summed E-state index contributed by atoms with van der Waals surface area (Å²) in [4.78, 5) is 2.10. The fraction of sp³-hybridized carbons (Fsp3) is 1.00. The molecule has 0 fully saturated rings. The molecule has 62 valence electrons. The van der Waals surface area contributed by atoms with Gasteiger partial charge >= 0.3 is 0 Å². The van der Waals surface area contributed by atoms with Gasteiger partial charge in [0.05, 0.1) is 6.10 Å². The van der Waals surface area contributed by atoms with Crippen molar-refractivity contribution >= 4 is 0 Å². The standard InChI is InChI=1S/C8H19NO/c1-5-8(10)7(2)6-9(3)4/h7-8,10H,5-6H2,1-4H3/t7?,8-/m1/s1. The van der Waals surface area contributed by atoms with Crippen molar-refractivity contribution in [2.75, 3.05) is 20.6 Å². The van der Waals surface area contributed by atoms with Gasteiger partial charge in [-0.15, -0.1) is 0 Å². The molecule has 0 radical (unpaired) electrons. The van der Waals surface area contributed by atoms with Crippen molar-refractivity contribution in [1.29, 1.82) is 0 Å². The minimum atomic E-state index is -0.137. The van der Waals surface area contributed by atoms with E-state index in [0.717, 1.165) is 13.0 Å². The predicted octanol–water partition coefficient (Wildman–Crippen LogP) is 0.955. The van der Waals surface area contributed by atoms with Gasteiger partial charge in [-0.2, -0.15) is 0 Å². The molecule has 1 N–H and O–H groups in total. The van der Waals surface area contributed by atoms with E-state index in [9.17, 15) is 5.11 Å². The molecule has 2 atom stereocenters. The molecular weight excluding hydrogens is 126 g/mol. The average molecular weight is 145 g/mol. The topological polar surface area (TPSA) is 23.5 Å². The molecule has 2 nitrogen and oxygen atoms in total. The van der Waals surface area contributed by atoms with Gasteiger partial charge in [0.1, 0.15) is 0 Å². The lowest BCUT2D eigenvalue weighted by Crippen LogP contribution is -2.28.